The number of amides is 2. The predicted octanol–water partition coefficient (Wildman–Crippen LogP) is 2.16. The second-order valence-electron chi connectivity index (χ2n) is 5.21. The molecule has 2 rings (SSSR count). The normalized spacial score (nSPS) is 10.2. The van der Waals surface area contributed by atoms with Gasteiger partial charge in [0, 0.05) is 18.0 Å². The maximum atomic E-state index is 11.8. The highest BCUT2D eigenvalue weighted by Crippen LogP contribution is 2.17. The lowest BCUT2D eigenvalue weighted by Gasteiger charge is -2.10. The molecule has 0 aliphatic carbocycles. The van der Waals surface area contributed by atoms with Crippen LogP contribution in [-0.2, 0) is 22.4 Å². The van der Waals surface area contributed by atoms with Gasteiger partial charge in [-0.15, -0.1) is 11.3 Å². The van der Waals surface area contributed by atoms with Crippen LogP contribution in [0.3, 0.4) is 0 Å². The van der Waals surface area contributed by atoms with Crippen molar-refractivity contribution in [1.29, 1.82) is 0 Å². The van der Waals surface area contributed by atoms with Crippen LogP contribution >= 0.6 is 11.3 Å². The number of para-hydroxylation sites is 1. The Kier molecular flexibility index (Phi) is 7.29. The zero-order valence-corrected chi connectivity index (χ0v) is 14.5. The lowest BCUT2D eigenvalue weighted by Crippen LogP contribution is -2.37. The van der Waals surface area contributed by atoms with E-state index in [9.17, 15) is 9.59 Å². The number of carbonyl (C=O) groups excluding carboxylic acids is 2. The van der Waals surface area contributed by atoms with Crippen molar-refractivity contribution in [3.63, 3.8) is 0 Å². The second-order valence-corrected chi connectivity index (χ2v) is 6.24. The van der Waals surface area contributed by atoms with Crippen LogP contribution in [-0.4, -0.2) is 31.5 Å². The number of benzene rings is 1. The summed E-state index contributed by atoms with van der Waals surface area (Å²) in [6.07, 6.45) is 1.23. The fourth-order valence-electron chi connectivity index (χ4n) is 2.17. The minimum atomic E-state index is -0.201. The van der Waals surface area contributed by atoms with Crippen LogP contribution in [0.15, 0.2) is 41.8 Å². The van der Waals surface area contributed by atoms with Gasteiger partial charge in [0.15, 0.2) is 6.61 Å². The van der Waals surface area contributed by atoms with Gasteiger partial charge in [-0.05, 0) is 29.5 Å². The van der Waals surface area contributed by atoms with E-state index in [1.165, 1.54) is 0 Å². The van der Waals surface area contributed by atoms with Gasteiger partial charge >= 0.3 is 0 Å². The van der Waals surface area contributed by atoms with Crippen molar-refractivity contribution in [3.05, 3.63) is 52.2 Å². The molecule has 0 spiro atoms. The Morgan fingerprint density at radius 2 is 1.79 bits per heavy atom. The molecule has 128 valence electrons. The molecule has 1 heterocycles. The van der Waals surface area contributed by atoms with Gasteiger partial charge in [0.1, 0.15) is 5.75 Å². The lowest BCUT2D eigenvalue weighted by atomic mass is 10.1. The summed E-state index contributed by atoms with van der Waals surface area (Å²) < 4.78 is 5.54. The van der Waals surface area contributed by atoms with Gasteiger partial charge < -0.3 is 15.4 Å². The third-order valence-electron chi connectivity index (χ3n) is 3.40. The molecule has 0 bridgehead atoms. The summed E-state index contributed by atoms with van der Waals surface area (Å²) in [7, 11) is 0. The zero-order chi connectivity index (χ0) is 17.2. The van der Waals surface area contributed by atoms with E-state index in [0.717, 1.165) is 22.6 Å². The molecule has 0 saturated heterocycles. The van der Waals surface area contributed by atoms with Gasteiger partial charge in [-0.25, -0.2) is 0 Å². The first-order valence-corrected chi connectivity index (χ1v) is 8.83. The first-order valence-electron chi connectivity index (χ1n) is 7.95. The molecule has 5 nitrogen and oxygen atoms in total. The molecule has 0 unspecified atom stereocenters. The largest absolute Gasteiger partial charge is 0.483 e. The van der Waals surface area contributed by atoms with Crippen LogP contribution in [0.2, 0.25) is 0 Å². The van der Waals surface area contributed by atoms with E-state index in [4.69, 9.17) is 4.74 Å². The highest BCUT2D eigenvalue weighted by Gasteiger charge is 2.06. The molecule has 24 heavy (non-hydrogen) atoms. The third kappa shape index (κ3) is 6.04. The Morgan fingerprint density at radius 3 is 2.50 bits per heavy atom. The number of aryl methyl sites for hydroxylation is 1. The van der Waals surface area contributed by atoms with Gasteiger partial charge in [0.25, 0.3) is 5.91 Å². The van der Waals surface area contributed by atoms with Gasteiger partial charge in [-0.1, -0.05) is 31.2 Å². The Bertz CT molecular complexity index is 656. The van der Waals surface area contributed by atoms with Crippen molar-refractivity contribution < 1.29 is 14.3 Å². The van der Waals surface area contributed by atoms with E-state index >= 15 is 0 Å². The summed E-state index contributed by atoms with van der Waals surface area (Å²) in [6, 6.07) is 11.5. The Hall–Kier alpha value is -2.34. The van der Waals surface area contributed by atoms with Crippen molar-refractivity contribution in [2.24, 2.45) is 0 Å². The monoisotopic (exact) mass is 346 g/mol. The molecule has 0 fully saturated rings. The van der Waals surface area contributed by atoms with Crippen LogP contribution in [0.5, 0.6) is 5.75 Å². The van der Waals surface area contributed by atoms with Crippen molar-refractivity contribution in [3.8, 4) is 5.75 Å². The summed E-state index contributed by atoms with van der Waals surface area (Å²) in [5, 5.41) is 7.45. The number of hydrogen-bond acceptors (Lipinski definition) is 4. The highest BCUT2D eigenvalue weighted by atomic mass is 32.1. The summed E-state index contributed by atoms with van der Waals surface area (Å²) in [5.41, 5.74) is 1.08. The molecule has 0 aliphatic heterocycles. The minimum Gasteiger partial charge on any atom is -0.483 e. The topological polar surface area (TPSA) is 67.4 Å². The first kappa shape index (κ1) is 18.0. The second kappa shape index (κ2) is 9.72. The fraction of sp³-hybridized carbons (Fsp3) is 0.333. The van der Waals surface area contributed by atoms with Crippen LogP contribution in [0.1, 0.15) is 17.4 Å². The standard InChI is InChI=1S/C18H22N2O3S/c1-2-14-6-3-4-8-16(14)23-13-18(22)20-10-9-19-17(21)12-15-7-5-11-24-15/h3-8,11H,2,9-10,12-13H2,1H3,(H,19,21)(H,20,22). The van der Waals surface area contributed by atoms with Crippen LogP contribution < -0.4 is 15.4 Å². The average molecular weight is 346 g/mol. The average Bonchev–Trinajstić information content (AvgIpc) is 3.10. The molecule has 0 radical (unpaired) electrons. The molecule has 2 amide bonds. The van der Waals surface area contributed by atoms with E-state index in [1.54, 1.807) is 11.3 Å². The SMILES string of the molecule is CCc1ccccc1OCC(=O)NCCNC(=O)Cc1cccs1. The molecule has 0 atom stereocenters. The molecular formula is C18H22N2O3S. The van der Waals surface area contributed by atoms with Crippen LogP contribution in [0.25, 0.3) is 0 Å². The fourth-order valence-corrected chi connectivity index (χ4v) is 2.87. The van der Waals surface area contributed by atoms with Gasteiger partial charge in [0.05, 0.1) is 6.42 Å². The molecule has 0 saturated carbocycles. The number of carbonyl (C=O) groups is 2. The quantitative estimate of drug-likeness (QED) is 0.684. The summed E-state index contributed by atoms with van der Waals surface area (Å²) >= 11 is 1.56. The molecule has 1 aromatic heterocycles. The lowest BCUT2D eigenvalue weighted by molar-refractivity contribution is -0.124. The zero-order valence-electron chi connectivity index (χ0n) is 13.7. The maximum Gasteiger partial charge on any atom is 0.258 e. The van der Waals surface area contributed by atoms with E-state index in [1.807, 2.05) is 48.7 Å². The summed E-state index contributed by atoms with van der Waals surface area (Å²) in [6.45, 7) is 2.80. The molecule has 1 aromatic carbocycles. The van der Waals surface area contributed by atoms with Gasteiger partial charge in [0.2, 0.25) is 5.91 Å². The van der Waals surface area contributed by atoms with Crippen molar-refractivity contribution >= 4 is 23.2 Å². The van der Waals surface area contributed by atoms with Crippen molar-refractivity contribution in [2.45, 2.75) is 19.8 Å². The summed E-state index contributed by atoms with van der Waals surface area (Å²) in [5.74, 6) is 0.493. The van der Waals surface area contributed by atoms with E-state index < -0.39 is 0 Å². The van der Waals surface area contributed by atoms with Crippen molar-refractivity contribution in [1.82, 2.24) is 10.6 Å². The highest BCUT2D eigenvalue weighted by molar-refractivity contribution is 7.10. The van der Waals surface area contributed by atoms with E-state index in [0.29, 0.717) is 19.5 Å². The number of ether oxygens (including phenoxy) is 1. The number of hydrogen-bond donors (Lipinski definition) is 2. The van der Waals surface area contributed by atoms with E-state index in [2.05, 4.69) is 10.6 Å². The Morgan fingerprint density at radius 1 is 1.04 bits per heavy atom. The van der Waals surface area contributed by atoms with Crippen LogP contribution in [0, 0.1) is 0 Å². The Labute approximate surface area is 146 Å². The Balaban J connectivity index is 1.60. The van der Waals surface area contributed by atoms with Gasteiger partial charge in [-0.3, -0.25) is 9.59 Å². The first-order chi connectivity index (χ1) is 11.7. The summed E-state index contributed by atoms with van der Waals surface area (Å²) in [4.78, 5) is 24.5. The number of rotatable bonds is 9. The molecular weight excluding hydrogens is 324 g/mol. The van der Waals surface area contributed by atoms with E-state index in [-0.39, 0.29) is 18.4 Å². The maximum absolute atomic E-state index is 11.8. The minimum absolute atomic E-state index is 0.0276. The van der Waals surface area contributed by atoms with Crippen molar-refractivity contribution in [2.75, 3.05) is 19.7 Å². The smallest absolute Gasteiger partial charge is 0.258 e. The molecule has 0 aliphatic rings. The molecule has 2 N–H and O–H groups in total. The third-order valence-corrected chi connectivity index (χ3v) is 4.27. The molecule has 2 aromatic rings. The predicted molar refractivity (Wildman–Crippen MR) is 95.4 cm³/mol. The molecule has 6 heteroatoms. The van der Waals surface area contributed by atoms with Gasteiger partial charge in [-0.2, -0.15) is 0 Å². The van der Waals surface area contributed by atoms with Crippen LogP contribution in [0.4, 0.5) is 0 Å². The number of nitrogens with one attached hydrogen (secondary N) is 2. The number of thiophene rings is 1.